The summed E-state index contributed by atoms with van der Waals surface area (Å²) in [5, 5.41) is 0.711. The molecule has 28 heavy (non-hydrogen) atoms. The Morgan fingerprint density at radius 2 is 1.86 bits per heavy atom. The summed E-state index contributed by atoms with van der Waals surface area (Å²) in [6, 6.07) is 17.7. The van der Waals surface area contributed by atoms with Gasteiger partial charge in [0.25, 0.3) is 5.56 Å². The van der Waals surface area contributed by atoms with E-state index in [0.717, 1.165) is 28.2 Å². The number of para-hydroxylation sites is 1. The fourth-order valence-corrected chi connectivity index (χ4v) is 4.01. The van der Waals surface area contributed by atoms with Gasteiger partial charge in [-0.25, -0.2) is 4.98 Å². The first-order chi connectivity index (χ1) is 13.7. The fourth-order valence-electron chi connectivity index (χ4n) is 3.29. The minimum absolute atomic E-state index is 0.0750. The van der Waals surface area contributed by atoms with Crippen LogP contribution in [0.1, 0.15) is 12.5 Å². The molecular weight excluding hydrogens is 370 g/mol. The number of fused-ring (bicyclic) bond motifs is 1. The van der Waals surface area contributed by atoms with Crippen molar-refractivity contribution in [3.63, 3.8) is 0 Å². The smallest absolute Gasteiger partial charge is 0.278 e. The van der Waals surface area contributed by atoms with Crippen molar-refractivity contribution in [3.8, 4) is 16.9 Å². The number of nitrogens with zero attached hydrogens (tertiary/aromatic N) is 2. The highest BCUT2D eigenvalue weighted by atomic mass is 32.2. The number of nitrogens with one attached hydrogen (secondary N) is 1. The van der Waals surface area contributed by atoms with Crippen LogP contribution in [-0.4, -0.2) is 27.4 Å². The Morgan fingerprint density at radius 1 is 1.11 bits per heavy atom. The maximum Gasteiger partial charge on any atom is 0.278 e. The summed E-state index contributed by atoms with van der Waals surface area (Å²) in [5.74, 6) is 1.59. The van der Waals surface area contributed by atoms with E-state index < -0.39 is 0 Å². The van der Waals surface area contributed by atoms with Crippen LogP contribution in [0.5, 0.6) is 5.75 Å². The molecule has 0 aliphatic rings. The molecule has 4 aromatic rings. The number of aromatic nitrogens is 3. The van der Waals surface area contributed by atoms with Crippen molar-refractivity contribution in [2.45, 2.75) is 18.6 Å². The lowest BCUT2D eigenvalue weighted by molar-refractivity contribution is 0.407. The third kappa shape index (κ3) is 3.31. The first kappa shape index (κ1) is 18.4. The van der Waals surface area contributed by atoms with E-state index in [2.05, 4.69) is 11.9 Å². The van der Waals surface area contributed by atoms with E-state index in [-0.39, 0.29) is 5.56 Å². The van der Waals surface area contributed by atoms with Crippen LogP contribution in [0.4, 0.5) is 0 Å². The van der Waals surface area contributed by atoms with Gasteiger partial charge in [0.1, 0.15) is 16.8 Å². The van der Waals surface area contributed by atoms with E-state index in [0.29, 0.717) is 22.7 Å². The van der Waals surface area contributed by atoms with Gasteiger partial charge in [-0.05, 0) is 17.4 Å². The van der Waals surface area contributed by atoms with Crippen molar-refractivity contribution in [2.24, 2.45) is 0 Å². The molecule has 0 aliphatic heterocycles. The van der Waals surface area contributed by atoms with Gasteiger partial charge in [-0.15, -0.1) is 0 Å². The van der Waals surface area contributed by atoms with Gasteiger partial charge < -0.3 is 9.72 Å². The number of H-pyrrole nitrogens is 1. The second-order valence-electron chi connectivity index (χ2n) is 6.32. The van der Waals surface area contributed by atoms with E-state index in [1.54, 1.807) is 23.4 Å². The molecule has 0 unspecified atom stereocenters. The SMILES string of the molecule is CCSc1nc2c(-c3ccccc3)c[nH]c2c(=O)n1Cc1ccccc1OC. The fraction of sp³-hybridized carbons (Fsp3) is 0.182. The molecule has 0 saturated carbocycles. The largest absolute Gasteiger partial charge is 0.496 e. The Hall–Kier alpha value is -2.99. The lowest BCUT2D eigenvalue weighted by atomic mass is 10.1. The van der Waals surface area contributed by atoms with Crippen molar-refractivity contribution >= 4 is 22.8 Å². The van der Waals surface area contributed by atoms with Crippen LogP contribution in [0.25, 0.3) is 22.2 Å². The van der Waals surface area contributed by atoms with Crippen LogP contribution >= 0.6 is 11.8 Å². The molecule has 5 nitrogen and oxygen atoms in total. The van der Waals surface area contributed by atoms with Gasteiger partial charge in [0.2, 0.25) is 0 Å². The van der Waals surface area contributed by atoms with Crippen molar-refractivity contribution in [2.75, 3.05) is 12.9 Å². The summed E-state index contributed by atoms with van der Waals surface area (Å²) in [7, 11) is 1.64. The lowest BCUT2D eigenvalue weighted by Crippen LogP contribution is -2.24. The Balaban J connectivity index is 1.88. The van der Waals surface area contributed by atoms with E-state index >= 15 is 0 Å². The zero-order valence-corrected chi connectivity index (χ0v) is 16.6. The van der Waals surface area contributed by atoms with E-state index in [9.17, 15) is 4.79 Å². The van der Waals surface area contributed by atoms with Crippen LogP contribution < -0.4 is 10.3 Å². The van der Waals surface area contributed by atoms with Gasteiger partial charge in [0, 0.05) is 17.3 Å². The molecule has 1 N–H and O–H groups in total. The first-order valence-electron chi connectivity index (χ1n) is 9.15. The lowest BCUT2D eigenvalue weighted by Gasteiger charge is -2.14. The quantitative estimate of drug-likeness (QED) is 0.387. The summed E-state index contributed by atoms with van der Waals surface area (Å²) in [6.07, 6.45) is 1.86. The topological polar surface area (TPSA) is 59.9 Å². The molecule has 2 heterocycles. The zero-order chi connectivity index (χ0) is 19.5. The molecule has 6 heteroatoms. The molecule has 0 spiro atoms. The molecule has 2 aromatic carbocycles. The summed E-state index contributed by atoms with van der Waals surface area (Å²) in [5.41, 5.74) is 4.08. The molecular formula is C22H21N3O2S. The van der Waals surface area contributed by atoms with Crippen molar-refractivity contribution in [1.82, 2.24) is 14.5 Å². The number of hydrogen-bond acceptors (Lipinski definition) is 4. The molecule has 0 radical (unpaired) electrons. The number of ether oxygens (including phenoxy) is 1. The van der Waals surface area contributed by atoms with Crippen LogP contribution in [0, 0.1) is 0 Å². The van der Waals surface area contributed by atoms with Crippen LogP contribution in [-0.2, 0) is 6.54 Å². The molecule has 2 aromatic heterocycles. The summed E-state index contributed by atoms with van der Waals surface area (Å²) < 4.78 is 7.18. The Labute approximate surface area is 167 Å². The van der Waals surface area contributed by atoms with Gasteiger partial charge in [0.15, 0.2) is 5.16 Å². The normalized spacial score (nSPS) is 11.1. The minimum atomic E-state index is -0.0750. The molecule has 0 aliphatic carbocycles. The molecule has 142 valence electrons. The third-order valence-corrected chi connectivity index (χ3v) is 5.49. The molecule has 0 atom stereocenters. The highest BCUT2D eigenvalue weighted by molar-refractivity contribution is 7.99. The van der Waals surface area contributed by atoms with Gasteiger partial charge in [-0.3, -0.25) is 9.36 Å². The molecule has 0 bridgehead atoms. The van der Waals surface area contributed by atoms with Gasteiger partial charge in [-0.1, -0.05) is 67.2 Å². The maximum absolute atomic E-state index is 13.3. The van der Waals surface area contributed by atoms with Crippen molar-refractivity contribution < 1.29 is 4.74 Å². The summed E-state index contributed by atoms with van der Waals surface area (Å²) in [4.78, 5) is 21.3. The van der Waals surface area contributed by atoms with Crippen molar-refractivity contribution in [1.29, 1.82) is 0 Å². The Kier molecular flexibility index (Phi) is 5.21. The first-order valence-corrected chi connectivity index (χ1v) is 10.1. The highest BCUT2D eigenvalue weighted by Crippen LogP contribution is 2.28. The average Bonchev–Trinajstić information content (AvgIpc) is 3.16. The maximum atomic E-state index is 13.3. The van der Waals surface area contributed by atoms with Crippen molar-refractivity contribution in [3.05, 3.63) is 76.7 Å². The monoisotopic (exact) mass is 391 g/mol. The minimum Gasteiger partial charge on any atom is -0.496 e. The second-order valence-corrected chi connectivity index (χ2v) is 7.55. The number of rotatable bonds is 6. The standard InChI is InChI=1S/C22H21N3O2S/c1-3-28-22-24-19-17(15-9-5-4-6-10-15)13-23-20(19)21(26)25(22)14-16-11-7-8-12-18(16)27-2/h4-13,23H,3,14H2,1-2H3. The predicted molar refractivity (Wildman–Crippen MR) is 114 cm³/mol. The van der Waals surface area contributed by atoms with Gasteiger partial charge in [0.05, 0.1) is 13.7 Å². The molecule has 4 rings (SSSR count). The van der Waals surface area contributed by atoms with Gasteiger partial charge >= 0.3 is 0 Å². The number of hydrogen-bond donors (Lipinski definition) is 1. The van der Waals surface area contributed by atoms with Gasteiger partial charge in [-0.2, -0.15) is 0 Å². The molecule has 0 saturated heterocycles. The summed E-state index contributed by atoms with van der Waals surface area (Å²) >= 11 is 1.57. The Morgan fingerprint density at radius 3 is 2.61 bits per heavy atom. The number of thioether (sulfide) groups is 1. The predicted octanol–water partition coefficient (Wildman–Crippen LogP) is 4.56. The third-order valence-electron chi connectivity index (χ3n) is 4.63. The van der Waals surface area contributed by atoms with Crippen LogP contribution in [0.15, 0.2) is 70.7 Å². The Bertz CT molecular complexity index is 1170. The zero-order valence-electron chi connectivity index (χ0n) is 15.8. The summed E-state index contributed by atoms with van der Waals surface area (Å²) in [6.45, 7) is 2.47. The van der Waals surface area contributed by atoms with Crippen LogP contribution in [0.2, 0.25) is 0 Å². The second kappa shape index (κ2) is 7.94. The number of benzene rings is 2. The van der Waals surface area contributed by atoms with E-state index in [1.165, 1.54) is 0 Å². The highest BCUT2D eigenvalue weighted by Gasteiger charge is 2.17. The molecule has 0 fully saturated rings. The van der Waals surface area contributed by atoms with E-state index in [1.807, 2.05) is 60.8 Å². The van der Waals surface area contributed by atoms with Crippen LogP contribution in [0.3, 0.4) is 0 Å². The molecule has 0 amide bonds. The van der Waals surface area contributed by atoms with E-state index in [4.69, 9.17) is 9.72 Å². The number of aromatic amines is 1. The number of methoxy groups -OCH3 is 1. The average molecular weight is 391 g/mol.